The third-order valence-electron chi connectivity index (χ3n) is 2.92. The maximum Gasteiger partial charge on any atom is 0.0678 e. The van der Waals surface area contributed by atoms with E-state index in [1.165, 1.54) is 32.2 Å². The van der Waals surface area contributed by atoms with E-state index in [0.717, 1.165) is 19.6 Å². The maximum atomic E-state index is 5.70. The number of hydrogen-bond acceptors (Lipinski definition) is 3. The van der Waals surface area contributed by atoms with Crippen LogP contribution in [-0.4, -0.2) is 43.3 Å². The van der Waals surface area contributed by atoms with E-state index in [-0.39, 0.29) is 0 Å². The van der Waals surface area contributed by atoms with Crippen molar-refractivity contribution in [3.63, 3.8) is 0 Å². The van der Waals surface area contributed by atoms with Crippen LogP contribution in [0.1, 0.15) is 39.5 Å². The molecule has 1 aliphatic rings. The van der Waals surface area contributed by atoms with E-state index < -0.39 is 0 Å². The molecule has 0 unspecified atom stereocenters. The van der Waals surface area contributed by atoms with E-state index in [0.29, 0.717) is 12.2 Å². The first-order valence-corrected chi connectivity index (χ1v) is 6.30. The van der Waals surface area contributed by atoms with Crippen molar-refractivity contribution in [2.75, 3.05) is 26.2 Å². The summed E-state index contributed by atoms with van der Waals surface area (Å²) in [5, 5.41) is 0. The van der Waals surface area contributed by atoms with Gasteiger partial charge in [-0.1, -0.05) is 12.8 Å². The molecular formula is C12H26N2O. The summed E-state index contributed by atoms with van der Waals surface area (Å²) in [5.74, 6) is 0. The molecule has 3 nitrogen and oxygen atoms in total. The summed E-state index contributed by atoms with van der Waals surface area (Å²) in [4.78, 5) is 2.53. The van der Waals surface area contributed by atoms with Crippen LogP contribution in [-0.2, 0) is 4.74 Å². The van der Waals surface area contributed by atoms with Gasteiger partial charge in [0.15, 0.2) is 0 Å². The van der Waals surface area contributed by atoms with Crippen LogP contribution >= 0.6 is 0 Å². The Balaban J connectivity index is 2.04. The van der Waals surface area contributed by atoms with Crippen LogP contribution in [0.15, 0.2) is 0 Å². The number of nitrogens with zero attached hydrogens (tertiary/aromatic N) is 1. The molecular weight excluding hydrogens is 188 g/mol. The molecule has 1 aliphatic heterocycles. The van der Waals surface area contributed by atoms with Crippen LogP contribution in [0.25, 0.3) is 0 Å². The normalized spacial score (nSPS) is 28.2. The fourth-order valence-electron chi connectivity index (χ4n) is 2.30. The summed E-state index contributed by atoms with van der Waals surface area (Å²) in [7, 11) is 0. The van der Waals surface area contributed by atoms with Gasteiger partial charge >= 0.3 is 0 Å². The zero-order chi connectivity index (χ0) is 11.1. The molecule has 90 valence electrons. The molecule has 2 N–H and O–H groups in total. The molecule has 0 amide bonds. The van der Waals surface area contributed by atoms with Crippen LogP contribution in [0.5, 0.6) is 0 Å². The summed E-state index contributed by atoms with van der Waals surface area (Å²) >= 11 is 0. The minimum absolute atomic E-state index is 0.401. The molecule has 1 fully saturated rings. The Morgan fingerprint density at radius 3 is 2.27 bits per heavy atom. The zero-order valence-corrected chi connectivity index (χ0v) is 10.2. The van der Waals surface area contributed by atoms with Crippen LogP contribution < -0.4 is 5.73 Å². The summed E-state index contributed by atoms with van der Waals surface area (Å²) in [6.07, 6.45) is 5.88. The number of rotatable bonds is 6. The smallest absolute Gasteiger partial charge is 0.0678 e. The molecule has 15 heavy (non-hydrogen) atoms. The third kappa shape index (κ3) is 5.50. The third-order valence-corrected chi connectivity index (χ3v) is 2.92. The molecule has 0 aromatic rings. The number of ether oxygens (including phenoxy) is 1. The fourth-order valence-corrected chi connectivity index (χ4v) is 2.30. The van der Waals surface area contributed by atoms with E-state index in [1.807, 2.05) is 0 Å². The van der Waals surface area contributed by atoms with Crippen molar-refractivity contribution in [1.82, 2.24) is 4.90 Å². The second-order valence-corrected chi connectivity index (χ2v) is 4.72. The average Bonchev–Trinajstić information content (AvgIpc) is 2.16. The van der Waals surface area contributed by atoms with E-state index in [1.54, 1.807) is 0 Å². The first kappa shape index (κ1) is 12.9. The molecule has 0 radical (unpaired) electrons. The SMILES string of the molecule is C[C@@H]1CN(CCCCCCN)C[C@H](C)O1. The van der Waals surface area contributed by atoms with Gasteiger partial charge in [-0.15, -0.1) is 0 Å². The van der Waals surface area contributed by atoms with Gasteiger partial charge in [0.1, 0.15) is 0 Å². The molecule has 3 heteroatoms. The molecule has 2 atom stereocenters. The summed E-state index contributed by atoms with van der Waals surface area (Å²) < 4.78 is 5.70. The first-order valence-electron chi connectivity index (χ1n) is 6.30. The Kier molecular flexibility index (Phi) is 6.22. The highest BCUT2D eigenvalue weighted by Crippen LogP contribution is 2.11. The molecule has 0 aromatic heterocycles. The quantitative estimate of drug-likeness (QED) is 0.683. The van der Waals surface area contributed by atoms with Gasteiger partial charge in [-0.3, -0.25) is 4.90 Å². The predicted octanol–water partition coefficient (Wildman–Crippen LogP) is 1.61. The van der Waals surface area contributed by atoms with Gasteiger partial charge in [0, 0.05) is 13.1 Å². The maximum absolute atomic E-state index is 5.70. The van der Waals surface area contributed by atoms with Gasteiger partial charge in [0.2, 0.25) is 0 Å². The number of morpholine rings is 1. The Morgan fingerprint density at radius 2 is 1.67 bits per heavy atom. The van der Waals surface area contributed by atoms with Crippen molar-refractivity contribution in [1.29, 1.82) is 0 Å². The van der Waals surface area contributed by atoms with E-state index in [2.05, 4.69) is 18.7 Å². The van der Waals surface area contributed by atoms with Gasteiger partial charge < -0.3 is 10.5 Å². The summed E-state index contributed by atoms with van der Waals surface area (Å²) in [5.41, 5.74) is 5.46. The van der Waals surface area contributed by atoms with Gasteiger partial charge in [-0.05, 0) is 39.8 Å². The highest BCUT2D eigenvalue weighted by molar-refractivity contribution is 4.72. The summed E-state index contributed by atoms with van der Waals surface area (Å²) in [6.45, 7) is 8.59. The lowest BCUT2D eigenvalue weighted by atomic mass is 10.1. The predicted molar refractivity (Wildman–Crippen MR) is 64.0 cm³/mol. The van der Waals surface area contributed by atoms with Crippen molar-refractivity contribution in [2.24, 2.45) is 5.73 Å². The van der Waals surface area contributed by atoms with Crippen molar-refractivity contribution in [2.45, 2.75) is 51.7 Å². The molecule has 1 rings (SSSR count). The van der Waals surface area contributed by atoms with Crippen molar-refractivity contribution in [3.8, 4) is 0 Å². The van der Waals surface area contributed by atoms with Crippen molar-refractivity contribution < 1.29 is 4.74 Å². The Labute approximate surface area is 94.0 Å². The monoisotopic (exact) mass is 214 g/mol. The lowest BCUT2D eigenvalue weighted by Crippen LogP contribution is -2.45. The van der Waals surface area contributed by atoms with Gasteiger partial charge in [0.05, 0.1) is 12.2 Å². The molecule has 0 aromatic carbocycles. The van der Waals surface area contributed by atoms with E-state index in [4.69, 9.17) is 10.5 Å². The Bertz CT molecular complexity index is 154. The number of hydrogen-bond donors (Lipinski definition) is 1. The van der Waals surface area contributed by atoms with Crippen LogP contribution in [0, 0.1) is 0 Å². The van der Waals surface area contributed by atoms with Crippen LogP contribution in [0.3, 0.4) is 0 Å². The molecule has 1 saturated heterocycles. The number of unbranched alkanes of at least 4 members (excludes halogenated alkanes) is 3. The second kappa shape index (κ2) is 7.20. The lowest BCUT2D eigenvalue weighted by molar-refractivity contribution is -0.0681. The Morgan fingerprint density at radius 1 is 1.07 bits per heavy atom. The molecule has 0 spiro atoms. The molecule has 1 heterocycles. The second-order valence-electron chi connectivity index (χ2n) is 4.72. The van der Waals surface area contributed by atoms with E-state index in [9.17, 15) is 0 Å². The Hall–Kier alpha value is -0.120. The minimum Gasteiger partial charge on any atom is -0.373 e. The largest absolute Gasteiger partial charge is 0.373 e. The van der Waals surface area contributed by atoms with Gasteiger partial charge in [-0.2, -0.15) is 0 Å². The topological polar surface area (TPSA) is 38.5 Å². The standard InChI is InChI=1S/C12H26N2O/c1-11-9-14(10-12(2)15-11)8-6-4-3-5-7-13/h11-12H,3-10,13H2,1-2H3/t11-,12+. The van der Waals surface area contributed by atoms with Gasteiger partial charge in [-0.25, -0.2) is 0 Å². The average molecular weight is 214 g/mol. The highest BCUT2D eigenvalue weighted by atomic mass is 16.5. The zero-order valence-electron chi connectivity index (χ0n) is 10.2. The van der Waals surface area contributed by atoms with Crippen LogP contribution in [0.2, 0.25) is 0 Å². The van der Waals surface area contributed by atoms with Gasteiger partial charge in [0.25, 0.3) is 0 Å². The molecule has 0 bridgehead atoms. The van der Waals surface area contributed by atoms with Crippen molar-refractivity contribution in [3.05, 3.63) is 0 Å². The van der Waals surface area contributed by atoms with Crippen molar-refractivity contribution >= 4 is 0 Å². The minimum atomic E-state index is 0.401. The number of nitrogens with two attached hydrogens (primary N) is 1. The first-order chi connectivity index (χ1) is 7.22. The fraction of sp³-hybridized carbons (Fsp3) is 1.00. The van der Waals surface area contributed by atoms with Crippen LogP contribution in [0.4, 0.5) is 0 Å². The highest BCUT2D eigenvalue weighted by Gasteiger charge is 2.21. The summed E-state index contributed by atoms with van der Waals surface area (Å²) in [6, 6.07) is 0. The van der Waals surface area contributed by atoms with E-state index >= 15 is 0 Å². The lowest BCUT2D eigenvalue weighted by Gasteiger charge is -2.35. The molecule has 0 saturated carbocycles. The molecule has 0 aliphatic carbocycles.